The van der Waals surface area contributed by atoms with Gasteiger partial charge in [0, 0.05) is 13.1 Å². The molecule has 18 heavy (non-hydrogen) atoms. The molecule has 3 heteroatoms. The highest BCUT2D eigenvalue weighted by Gasteiger charge is 2.20. The van der Waals surface area contributed by atoms with Gasteiger partial charge in [-0.2, -0.15) is 5.26 Å². The first-order chi connectivity index (χ1) is 8.81. The molecule has 0 spiro atoms. The van der Waals surface area contributed by atoms with E-state index in [1.807, 2.05) is 12.1 Å². The van der Waals surface area contributed by atoms with E-state index < -0.39 is 0 Å². The molecular weight excluding hydrogens is 224 g/mol. The number of benzene rings is 1. The Kier molecular flexibility index (Phi) is 4.60. The van der Waals surface area contributed by atoms with E-state index in [1.165, 1.54) is 25.9 Å². The third-order valence-corrected chi connectivity index (χ3v) is 3.61. The van der Waals surface area contributed by atoms with Crippen molar-refractivity contribution in [2.45, 2.75) is 19.8 Å². The molecule has 1 aromatic rings. The van der Waals surface area contributed by atoms with E-state index in [-0.39, 0.29) is 0 Å². The van der Waals surface area contributed by atoms with Crippen LogP contribution in [0.3, 0.4) is 0 Å². The Morgan fingerprint density at radius 2 is 2.17 bits per heavy atom. The van der Waals surface area contributed by atoms with Crippen LogP contribution in [0.2, 0.25) is 0 Å². The van der Waals surface area contributed by atoms with Crippen molar-refractivity contribution in [3.05, 3.63) is 29.8 Å². The highest BCUT2D eigenvalue weighted by Crippen LogP contribution is 2.18. The molecule has 96 valence electrons. The summed E-state index contributed by atoms with van der Waals surface area (Å²) in [7, 11) is 0. The highest BCUT2D eigenvalue weighted by atomic mass is 16.5. The van der Waals surface area contributed by atoms with Gasteiger partial charge in [0.25, 0.3) is 0 Å². The summed E-state index contributed by atoms with van der Waals surface area (Å²) in [6.07, 6.45) is 2.61. The second-order valence-electron chi connectivity index (χ2n) is 4.85. The standard InChI is InChI=1S/C15H20N2O/c1-2-13-7-8-17(12-13)9-10-18-15-5-3-14(11-16)4-6-15/h3-6,13H,2,7-10,12H2,1H3. The molecule has 1 unspecified atom stereocenters. The largest absolute Gasteiger partial charge is 0.492 e. The topological polar surface area (TPSA) is 36.3 Å². The van der Waals surface area contributed by atoms with Crippen molar-refractivity contribution in [1.29, 1.82) is 5.26 Å². The van der Waals surface area contributed by atoms with Crippen molar-refractivity contribution >= 4 is 0 Å². The molecule has 1 heterocycles. The second kappa shape index (κ2) is 6.42. The van der Waals surface area contributed by atoms with E-state index in [0.29, 0.717) is 5.56 Å². The Labute approximate surface area is 109 Å². The SMILES string of the molecule is CCC1CCN(CCOc2ccc(C#N)cc2)C1. The Balaban J connectivity index is 1.70. The summed E-state index contributed by atoms with van der Waals surface area (Å²) in [4.78, 5) is 2.47. The molecule has 1 saturated heterocycles. The average Bonchev–Trinajstić information content (AvgIpc) is 2.87. The van der Waals surface area contributed by atoms with E-state index in [9.17, 15) is 0 Å². The van der Waals surface area contributed by atoms with Gasteiger partial charge in [-0.15, -0.1) is 0 Å². The van der Waals surface area contributed by atoms with Crippen LogP contribution in [0.25, 0.3) is 0 Å². The third-order valence-electron chi connectivity index (χ3n) is 3.61. The van der Waals surface area contributed by atoms with Crippen molar-refractivity contribution in [2.24, 2.45) is 5.92 Å². The van der Waals surface area contributed by atoms with Gasteiger partial charge in [-0.1, -0.05) is 13.3 Å². The molecule has 0 amide bonds. The first-order valence-corrected chi connectivity index (χ1v) is 6.67. The lowest BCUT2D eigenvalue weighted by Crippen LogP contribution is -2.26. The summed E-state index contributed by atoms with van der Waals surface area (Å²) >= 11 is 0. The zero-order valence-electron chi connectivity index (χ0n) is 10.9. The molecular formula is C15H20N2O. The zero-order chi connectivity index (χ0) is 12.8. The summed E-state index contributed by atoms with van der Waals surface area (Å²) in [6, 6.07) is 9.40. The first kappa shape index (κ1) is 12.9. The fourth-order valence-electron chi connectivity index (χ4n) is 2.37. The Morgan fingerprint density at radius 3 is 2.78 bits per heavy atom. The maximum Gasteiger partial charge on any atom is 0.119 e. The first-order valence-electron chi connectivity index (χ1n) is 6.67. The number of hydrogen-bond acceptors (Lipinski definition) is 3. The van der Waals surface area contributed by atoms with Crippen LogP contribution < -0.4 is 4.74 Å². The van der Waals surface area contributed by atoms with Crippen molar-refractivity contribution in [2.75, 3.05) is 26.2 Å². The molecule has 1 aromatic carbocycles. The lowest BCUT2D eigenvalue weighted by Gasteiger charge is -2.16. The minimum Gasteiger partial charge on any atom is -0.492 e. The maximum atomic E-state index is 8.70. The molecule has 2 rings (SSSR count). The molecule has 0 N–H and O–H groups in total. The predicted molar refractivity (Wildman–Crippen MR) is 71.5 cm³/mol. The van der Waals surface area contributed by atoms with E-state index in [1.54, 1.807) is 12.1 Å². The molecule has 1 aliphatic heterocycles. The molecule has 0 aromatic heterocycles. The van der Waals surface area contributed by atoms with Gasteiger partial charge in [0.1, 0.15) is 12.4 Å². The van der Waals surface area contributed by atoms with Gasteiger partial charge in [-0.25, -0.2) is 0 Å². The van der Waals surface area contributed by atoms with Crippen LogP contribution in [0.5, 0.6) is 5.75 Å². The predicted octanol–water partition coefficient (Wildman–Crippen LogP) is 2.67. The summed E-state index contributed by atoms with van der Waals surface area (Å²) in [6.45, 7) is 6.41. The number of likely N-dealkylation sites (tertiary alicyclic amines) is 1. The Morgan fingerprint density at radius 1 is 1.39 bits per heavy atom. The number of nitriles is 1. The summed E-state index contributed by atoms with van der Waals surface area (Å²) < 4.78 is 5.69. The van der Waals surface area contributed by atoms with Gasteiger partial charge in [0.05, 0.1) is 11.6 Å². The van der Waals surface area contributed by atoms with Crippen LogP contribution in [0, 0.1) is 17.2 Å². The van der Waals surface area contributed by atoms with Crippen LogP contribution >= 0.6 is 0 Å². The smallest absolute Gasteiger partial charge is 0.119 e. The molecule has 0 radical (unpaired) electrons. The average molecular weight is 244 g/mol. The fraction of sp³-hybridized carbons (Fsp3) is 0.533. The van der Waals surface area contributed by atoms with Gasteiger partial charge < -0.3 is 4.74 Å². The molecule has 1 aliphatic rings. The number of rotatable bonds is 5. The van der Waals surface area contributed by atoms with Crippen LogP contribution in [-0.4, -0.2) is 31.1 Å². The summed E-state index contributed by atoms with van der Waals surface area (Å²) in [5, 5.41) is 8.70. The van der Waals surface area contributed by atoms with Gasteiger partial charge >= 0.3 is 0 Å². The van der Waals surface area contributed by atoms with Gasteiger partial charge in [-0.3, -0.25) is 4.90 Å². The molecule has 0 bridgehead atoms. The zero-order valence-corrected chi connectivity index (χ0v) is 10.9. The van der Waals surface area contributed by atoms with Gasteiger partial charge in [0.2, 0.25) is 0 Å². The van der Waals surface area contributed by atoms with Crippen molar-refractivity contribution in [1.82, 2.24) is 4.90 Å². The van der Waals surface area contributed by atoms with Gasteiger partial charge in [0.15, 0.2) is 0 Å². The van der Waals surface area contributed by atoms with E-state index in [0.717, 1.165) is 24.8 Å². The molecule has 0 aliphatic carbocycles. The quantitative estimate of drug-likeness (QED) is 0.799. The maximum absolute atomic E-state index is 8.70. The Hall–Kier alpha value is -1.53. The van der Waals surface area contributed by atoms with Crippen molar-refractivity contribution < 1.29 is 4.74 Å². The Bertz CT molecular complexity index is 407. The highest BCUT2D eigenvalue weighted by molar-refractivity contribution is 5.34. The minimum absolute atomic E-state index is 0.674. The van der Waals surface area contributed by atoms with E-state index in [4.69, 9.17) is 10.00 Å². The minimum atomic E-state index is 0.674. The van der Waals surface area contributed by atoms with Gasteiger partial charge in [-0.05, 0) is 43.1 Å². The second-order valence-corrected chi connectivity index (χ2v) is 4.85. The third kappa shape index (κ3) is 3.48. The molecule has 1 fully saturated rings. The van der Waals surface area contributed by atoms with Crippen LogP contribution in [-0.2, 0) is 0 Å². The number of hydrogen-bond donors (Lipinski definition) is 0. The lowest BCUT2D eigenvalue weighted by atomic mass is 10.1. The van der Waals surface area contributed by atoms with Crippen LogP contribution in [0.4, 0.5) is 0 Å². The summed E-state index contributed by atoms with van der Waals surface area (Å²) in [5.41, 5.74) is 0.674. The van der Waals surface area contributed by atoms with E-state index in [2.05, 4.69) is 17.9 Å². The lowest BCUT2D eigenvalue weighted by molar-refractivity contribution is 0.232. The molecule has 3 nitrogen and oxygen atoms in total. The molecule has 0 saturated carbocycles. The summed E-state index contributed by atoms with van der Waals surface area (Å²) in [5.74, 6) is 1.72. The van der Waals surface area contributed by atoms with Crippen molar-refractivity contribution in [3.63, 3.8) is 0 Å². The van der Waals surface area contributed by atoms with Crippen LogP contribution in [0.1, 0.15) is 25.3 Å². The normalized spacial score (nSPS) is 19.7. The molecule has 1 atom stereocenters. The van der Waals surface area contributed by atoms with Crippen LogP contribution in [0.15, 0.2) is 24.3 Å². The number of ether oxygens (including phenoxy) is 1. The monoisotopic (exact) mass is 244 g/mol. The van der Waals surface area contributed by atoms with E-state index >= 15 is 0 Å². The fourth-order valence-corrected chi connectivity index (χ4v) is 2.37. The number of nitrogens with zero attached hydrogens (tertiary/aromatic N) is 2. The van der Waals surface area contributed by atoms with Crippen molar-refractivity contribution in [3.8, 4) is 11.8 Å².